The standard InChI is InChI=1S/C25H26N4O/c1-2-19-4-3-5-22-24(19)27-16-21(15-26)25(22)29-11-9-28(10-12-29)17-18-6-7-23-20(14-18)8-13-30-23/h3-7,14,16H,2,8-13,17H2,1H3. The van der Waals surface area contributed by atoms with Crippen LogP contribution in [0.5, 0.6) is 5.75 Å². The zero-order valence-electron chi connectivity index (χ0n) is 17.4. The molecule has 5 nitrogen and oxygen atoms in total. The van der Waals surface area contributed by atoms with Crippen molar-refractivity contribution < 1.29 is 4.74 Å². The zero-order chi connectivity index (χ0) is 20.5. The number of ether oxygens (including phenoxy) is 1. The molecule has 2 aliphatic heterocycles. The Morgan fingerprint density at radius 3 is 2.80 bits per heavy atom. The highest BCUT2D eigenvalue weighted by atomic mass is 16.5. The van der Waals surface area contributed by atoms with Crippen molar-refractivity contribution in [1.82, 2.24) is 9.88 Å². The number of aromatic nitrogens is 1. The minimum atomic E-state index is 0.669. The number of nitriles is 1. The second-order valence-corrected chi connectivity index (χ2v) is 8.10. The monoisotopic (exact) mass is 398 g/mol. The molecule has 0 saturated carbocycles. The molecule has 0 unspecified atom stereocenters. The molecule has 0 atom stereocenters. The zero-order valence-corrected chi connectivity index (χ0v) is 17.4. The van der Waals surface area contributed by atoms with Crippen LogP contribution in [0.2, 0.25) is 0 Å². The average molecular weight is 399 g/mol. The highest BCUT2D eigenvalue weighted by Crippen LogP contribution is 2.32. The first-order chi connectivity index (χ1) is 14.8. The lowest BCUT2D eigenvalue weighted by molar-refractivity contribution is 0.250. The van der Waals surface area contributed by atoms with Gasteiger partial charge in [0.15, 0.2) is 0 Å². The van der Waals surface area contributed by atoms with E-state index >= 15 is 0 Å². The van der Waals surface area contributed by atoms with Gasteiger partial charge in [0, 0.05) is 50.7 Å². The van der Waals surface area contributed by atoms with Gasteiger partial charge in [-0.1, -0.05) is 37.3 Å². The van der Waals surface area contributed by atoms with Crippen LogP contribution in [0.25, 0.3) is 10.9 Å². The Morgan fingerprint density at radius 1 is 1.13 bits per heavy atom. The number of piperazine rings is 1. The summed E-state index contributed by atoms with van der Waals surface area (Å²) in [4.78, 5) is 9.48. The van der Waals surface area contributed by atoms with Gasteiger partial charge in [0.05, 0.1) is 23.4 Å². The van der Waals surface area contributed by atoms with Crippen molar-refractivity contribution >= 4 is 16.6 Å². The first-order valence-electron chi connectivity index (χ1n) is 10.8. The predicted octanol–water partition coefficient (Wildman–Crippen LogP) is 3.93. The van der Waals surface area contributed by atoms with Crippen molar-refractivity contribution in [2.24, 2.45) is 0 Å². The largest absolute Gasteiger partial charge is 0.493 e. The maximum absolute atomic E-state index is 9.72. The number of hydrogen-bond acceptors (Lipinski definition) is 5. The number of aryl methyl sites for hydroxylation is 1. The molecule has 5 rings (SSSR count). The molecule has 2 aliphatic rings. The molecule has 0 N–H and O–H groups in total. The molecule has 0 amide bonds. The highest BCUT2D eigenvalue weighted by Gasteiger charge is 2.23. The van der Waals surface area contributed by atoms with Gasteiger partial charge in [-0.25, -0.2) is 0 Å². The number of benzene rings is 2. The summed E-state index contributed by atoms with van der Waals surface area (Å²) in [5, 5.41) is 10.8. The van der Waals surface area contributed by atoms with Gasteiger partial charge in [-0.15, -0.1) is 0 Å². The van der Waals surface area contributed by atoms with E-state index in [2.05, 4.69) is 64.2 Å². The number of nitrogens with zero attached hydrogens (tertiary/aromatic N) is 4. The van der Waals surface area contributed by atoms with Crippen LogP contribution in [-0.4, -0.2) is 42.7 Å². The molecule has 1 aromatic heterocycles. The van der Waals surface area contributed by atoms with Crippen molar-refractivity contribution in [3.8, 4) is 11.8 Å². The fourth-order valence-corrected chi connectivity index (χ4v) is 4.70. The number of anilines is 1. The van der Waals surface area contributed by atoms with Crippen LogP contribution in [0.1, 0.15) is 29.2 Å². The van der Waals surface area contributed by atoms with E-state index in [0.717, 1.165) is 74.5 Å². The second kappa shape index (κ2) is 7.97. The van der Waals surface area contributed by atoms with E-state index in [1.165, 1.54) is 16.7 Å². The number of rotatable bonds is 4. The van der Waals surface area contributed by atoms with E-state index < -0.39 is 0 Å². The number of fused-ring (bicyclic) bond motifs is 2. The second-order valence-electron chi connectivity index (χ2n) is 8.10. The van der Waals surface area contributed by atoms with Crippen molar-refractivity contribution in [2.45, 2.75) is 26.3 Å². The summed E-state index contributed by atoms with van der Waals surface area (Å²) in [6, 6.07) is 15.3. The lowest BCUT2D eigenvalue weighted by Gasteiger charge is -2.37. The summed E-state index contributed by atoms with van der Waals surface area (Å²) in [5.41, 5.74) is 6.66. The topological polar surface area (TPSA) is 52.4 Å². The van der Waals surface area contributed by atoms with Crippen molar-refractivity contribution in [1.29, 1.82) is 5.26 Å². The van der Waals surface area contributed by atoms with Crippen LogP contribution in [0.15, 0.2) is 42.6 Å². The molecule has 2 aromatic carbocycles. The molecular formula is C25H26N4O. The van der Waals surface area contributed by atoms with Crippen LogP contribution in [0, 0.1) is 11.3 Å². The lowest BCUT2D eigenvalue weighted by atomic mass is 10.0. The van der Waals surface area contributed by atoms with Gasteiger partial charge >= 0.3 is 0 Å². The minimum Gasteiger partial charge on any atom is -0.493 e. The fraction of sp³-hybridized carbons (Fsp3) is 0.360. The Hall–Kier alpha value is -3.10. The molecule has 0 spiro atoms. The summed E-state index contributed by atoms with van der Waals surface area (Å²) in [5.74, 6) is 1.05. The highest BCUT2D eigenvalue weighted by molar-refractivity contribution is 5.96. The number of para-hydroxylation sites is 1. The van der Waals surface area contributed by atoms with Gasteiger partial charge in [-0.2, -0.15) is 5.26 Å². The molecule has 0 bridgehead atoms. The molecule has 152 valence electrons. The number of hydrogen-bond donors (Lipinski definition) is 0. The van der Waals surface area contributed by atoms with E-state index in [9.17, 15) is 5.26 Å². The van der Waals surface area contributed by atoms with Gasteiger partial charge in [0.2, 0.25) is 0 Å². The van der Waals surface area contributed by atoms with Crippen LogP contribution in [0.3, 0.4) is 0 Å². The first-order valence-corrected chi connectivity index (χ1v) is 10.8. The maximum atomic E-state index is 9.72. The van der Waals surface area contributed by atoms with Gasteiger partial charge in [-0.05, 0) is 29.2 Å². The molecule has 30 heavy (non-hydrogen) atoms. The predicted molar refractivity (Wildman–Crippen MR) is 119 cm³/mol. The average Bonchev–Trinajstić information content (AvgIpc) is 3.26. The summed E-state index contributed by atoms with van der Waals surface area (Å²) in [7, 11) is 0. The van der Waals surface area contributed by atoms with E-state index in [1.807, 2.05) is 0 Å². The van der Waals surface area contributed by atoms with E-state index in [0.29, 0.717) is 5.56 Å². The van der Waals surface area contributed by atoms with Gasteiger partial charge in [0.25, 0.3) is 0 Å². The molecular weight excluding hydrogens is 372 g/mol. The van der Waals surface area contributed by atoms with Gasteiger partial charge in [0.1, 0.15) is 11.8 Å². The fourth-order valence-electron chi connectivity index (χ4n) is 4.70. The summed E-state index contributed by atoms with van der Waals surface area (Å²) in [6.07, 6.45) is 3.70. The van der Waals surface area contributed by atoms with E-state index in [-0.39, 0.29) is 0 Å². The SMILES string of the molecule is CCc1cccc2c(N3CCN(Cc4ccc5c(c4)CCO5)CC3)c(C#N)cnc12. The van der Waals surface area contributed by atoms with Crippen molar-refractivity contribution in [3.63, 3.8) is 0 Å². The number of pyridine rings is 1. The third-order valence-corrected chi connectivity index (χ3v) is 6.30. The molecule has 3 aromatic rings. The third-order valence-electron chi connectivity index (χ3n) is 6.30. The Morgan fingerprint density at radius 2 is 2.00 bits per heavy atom. The molecule has 0 radical (unpaired) electrons. The van der Waals surface area contributed by atoms with Crippen LogP contribution in [-0.2, 0) is 19.4 Å². The van der Waals surface area contributed by atoms with Crippen molar-refractivity contribution in [3.05, 3.63) is 64.8 Å². The van der Waals surface area contributed by atoms with Gasteiger partial charge in [-0.3, -0.25) is 9.88 Å². The normalized spacial score (nSPS) is 16.3. The van der Waals surface area contributed by atoms with E-state index in [1.54, 1.807) is 6.20 Å². The molecule has 1 saturated heterocycles. The Balaban J connectivity index is 1.35. The summed E-state index contributed by atoms with van der Waals surface area (Å²) in [6.45, 7) is 7.71. The minimum absolute atomic E-state index is 0.669. The van der Waals surface area contributed by atoms with Crippen LogP contribution < -0.4 is 9.64 Å². The summed E-state index contributed by atoms with van der Waals surface area (Å²) < 4.78 is 5.63. The van der Waals surface area contributed by atoms with Crippen LogP contribution in [0.4, 0.5) is 5.69 Å². The smallest absolute Gasteiger partial charge is 0.122 e. The molecule has 0 aliphatic carbocycles. The molecule has 1 fully saturated rings. The van der Waals surface area contributed by atoms with Gasteiger partial charge < -0.3 is 9.64 Å². The summed E-state index contributed by atoms with van der Waals surface area (Å²) >= 11 is 0. The maximum Gasteiger partial charge on any atom is 0.122 e. The Bertz CT molecular complexity index is 1130. The quantitative estimate of drug-likeness (QED) is 0.667. The van der Waals surface area contributed by atoms with Crippen LogP contribution >= 0.6 is 0 Å². The first kappa shape index (κ1) is 18.9. The molecule has 5 heteroatoms. The van der Waals surface area contributed by atoms with E-state index in [4.69, 9.17) is 4.74 Å². The third kappa shape index (κ3) is 3.38. The van der Waals surface area contributed by atoms with Crippen molar-refractivity contribution in [2.75, 3.05) is 37.7 Å². The lowest BCUT2D eigenvalue weighted by Crippen LogP contribution is -2.46. The Labute approximate surface area is 177 Å². The molecule has 3 heterocycles. The Kier molecular flexibility index (Phi) is 5.02.